The Hall–Kier alpha value is -3.23. The lowest BCUT2D eigenvalue weighted by atomic mass is 9.92. The van der Waals surface area contributed by atoms with E-state index < -0.39 is 4.92 Å². The first-order chi connectivity index (χ1) is 16.8. The minimum absolute atomic E-state index is 0.0265. The smallest absolute Gasteiger partial charge is 0.288 e. The van der Waals surface area contributed by atoms with Gasteiger partial charge in [0, 0.05) is 29.1 Å². The normalized spacial score (nSPS) is 17.1. The number of benzene rings is 2. The zero-order valence-electron chi connectivity index (χ0n) is 19.1. The fourth-order valence-electron chi connectivity index (χ4n) is 4.63. The third-order valence-electron chi connectivity index (χ3n) is 6.62. The van der Waals surface area contributed by atoms with Crippen LogP contribution in [0.25, 0.3) is 0 Å². The highest BCUT2D eigenvalue weighted by molar-refractivity contribution is 7.10. The Bertz CT molecular complexity index is 1300. The molecule has 2 amide bonds. The summed E-state index contributed by atoms with van der Waals surface area (Å²) in [6.07, 6.45) is 2.40. The molecule has 1 aliphatic carbocycles. The Morgan fingerprint density at radius 3 is 2.60 bits per heavy atom. The molecule has 35 heavy (non-hydrogen) atoms. The van der Waals surface area contributed by atoms with Gasteiger partial charge in [-0.15, -0.1) is 11.3 Å². The van der Waals surface area contributed by atoms with E-state index in [0.29, 0.717) is 6.54 Å². The zero-order valence-corrected chi connectivity index (χ0v) is 20.7. The summed E-state index contributed by atoms with van der Waals surface area (Å²) in [5, 5.41) is 13.3. The monoisotopic (exact) mass is 509 g/mol. The minimum atomic E-state index is -0.607. The SMILES string of the molecule is Cc1ccc(C2c3ccsc3CCN2C(=O)CN(C(=O)c2ccc(Cl)c([N+](=O)[O-])c2)C2CC2)cc1. The number of hydrogen-bond donors (Lipinski definition) is 0. The molecule has 180 valence electrons. The molecular formula is C26H24ClN3O4S. The summed E-state index contributed by atoms with van der Waals surface area (Å²) in [5.74, 6) is -0.517. The van der Waals surface area contributed by atoms with Gasteiger partial charge in [0.2, 0.25) is 5.91 Å². The third-order valence-corrected chi connectivity index (χ3v) is 7.94. The fourth-order valence-corrected chi connectivity index (χ4v) is 5.72. The van der Waals surface area contributed by atoms with Crippen molar-refractivity contribution < 1.29 is 14.5 Å². The van der Waals surface area contributed by atoms with Gasteiger partial charge >= 0.3 is 0 Å². The van der Waals surface area contributed by atoms with Crippen molar-refractivity contribution in [2.24, 2.45) is 0 Å². The second-order valence-electron chi connectivity index (χ2n) is 9.04. The lowest BCUT2D eigenvalue weighted by Crippen LogP contribution is -2.47. The van der Waals surface area contributed by atoms with E-state index in [9.17, 15) is 19.7 Å². The van der Waals surface area contributed by atoms with Gasteiger partial charge in [0.05, 0.1) is 11.0 Å². The Morgan fingerprint density at radius 1 is 1.17 bits per heavy atom. The number of aryl methyl sites for hydroxylation is 1. The summed E-state index contributed by atoms with van der Waals surface area (Å²) in [6, 6.07) is 14.1. The molecule has 1 fully saturated rings. The molecule has 0 spiro atoms. The van der Waals surface area contributed by atoms with Gasteiger partial charge in [0.25, 0.3) is 11.6 Å². The molecule has 1 unspecified atom stereocenters. The van der Waals surface area contributed by atoms with Crippen LogP contribution >= 0.6 is 22.9 Å². The van der Waals surface area contributed by atoms with Crippen LogP contribution in [0.1, 0.15) is 50.8 Å². The zero-order chi connectivity index (χ0) is 24.7. The van der Waals surface area contributed by atoms with Crippen molar-refractivity contribution in [1.29, 1.82) is 0 Å². The predicted octanol–water partition coefficient (Wildman–Crippen LogP) is 5.40. The molecule has 2 aliphatic rings. The average molecular weight is 510 g/mol. The quantitative estimate of drug-likeness (QED) is 0.329. The number of nitro benzene ring substituents is 1. The molecule has 0 saturated heterocycles. The molecule has 5 rings (SSSR count). The molecule has 2 aromatic carbocycles. The van der Waals surface area contributed by atoms with E-state index in [1.54, 1.807) is 16.2 Å². The number of amides is 2. The second-order valence-corrected chi connectivity index (χ2v) is 10.4. The van der Waals surface area contributed by atoms with Crippen molar-refractivity contribution in [1.82, 2.24) is 9.80 Å². The maximum atomic E-state index is 13.7. The molecule has 0 radical (unpaired) electrons. The number of thiophene rings is 1. The summed E-state index contributed by atoms with van der Waals surface area (Å²) in [4.78, 5) is 42.5. The van der Waals surface area contributed by atoms with Crippen LogP contribution in [0.15, 0.2) is 53.9 Å². The largest absolute Gasteiger partial charge is 0.330 e. The Morgan fingerprint density at radius 2 is 1.91 bits per heavy atom. The van der Waals surface area contributed by atoms with Crippen molar-refractivity contribution in [2.45, 2.75) is 38.3 Å². The van der Waals surface area contributed by atoms with E-state index in [0.717, 1.165) is 36.0 Å². The van der Waals surface area contributed by atoms with Crippen LogP contribution in [0.4, 0.5) is 5.69 Å². The van der Waals surface area contributed by atoms with Crippen molar-refractivity contribution in [3.8, 4) is 0 Å². The first-order valence-corrected chi connectivity index (χ1v) is 12.8. The number of carbonyl (C=O) groups excluding carboxylic acids is 2. The number of nitro groups is 1. The van der Waals surface area contributed by atoms with E-state index in [4.69, 9.17) is 11.6 Å². The molecule has 1 aliphatic heterocycles. The first kappa shape index (κ1) is 23.5. The maximum absolute atomic E-state index is 13.7. The van der Waals surface area contributed by atoms with Crippen LogP contribution in [0.2, 0.25) is 5.02 Å². The fraction of sp³-hybridized carbons (Fsp3) is 0.308. The summed E-state index contributed by atoms with van der Waals surface area (Å²) in [7, 11) is 0. The van der Waals surface area contributed by atoms with Gasteiger partial charge in [-0.05, 0) is 60.9 Å². The van der Waals surface area contributed by atoms with E-state index in [1.165, 1.54) is 23.1 Å². The Labute approximate surface area is 212 Å². The second kappa shape index (κ2) is 9.43. The van der Waals surface area contributed by atoms with Gasteiger partial charge in [0.1, 0.15) is 11.6 Å². The standard InChI is InChI=1S/C26H24ClN3O4S/c1-16-2-4-17(5-3-16)25-20-11-13-35-23(20)10-12-28(25)24(31)15-29(19-7-8-19)26(32)18-6-9-21(27)22(14-18)30(33)34/h2-6,9,11,13-14,19,25H,7-8,10,12,15H2,1H3. The molecule has 0 N–H and O–H groups in total. The van der Waals surface area contributed by atoms with Crippen LogP contribution in [0, 0.1) is 17.0 Å². The van der Waals surface area contributed by atoms with Gasteiger partial charge in [-0.1, -0.05) is 41.4 Å². The third kappa shape index (κ3) is 4.68. The van der Waals surface area contributed by atoms with Crippen LogP contribution in [0.3, 0.4) is 0 Å². The molecular weight excluding hydrogens is 486 g/mol. The Kier molecular flexibility index (Phi) is 6.34. The molecule has 9 heteroatoms. The lowest BCUT2D eigenvalue weighted by molar-refractivity contribution is -0.384. The highest BCUT2D eigenvalue weighted by Gasteiger charge is 2.38. The maximum Gasteiger partial charge on any atom is 0.288 e. The number of rotatable bonds is 6. The van der Waals surface area contributed by atoms with Crippen LogP contribution < -0.4 is 0 Å². The molecule has 7 nitrogen and oxygen atoms in total. The van der Waals surface area contributed by atoms with E-state index in [1.807, 2.05) is 24.0 Å². The molecule has 1 saturated carbocycles. The Balaban J connectivity index is 1.42. The first-order valence-electron chi connectivity index (χ1n) is 11.5. The summed E-state index contributed by atoms with van der Waals surface area (Å²) in [5.41, 5.74) is 3.17. The predicted molar refractivity (Wildman–Crippen MR) is 135 cm³/mol. The molecule has 0 bridgehead atoms. The highest BCUT2D eigenvalue weighted by Crippen LogP contribution is 2.38. The van der Waals surface area contributed by atoms with Crippen LogP contribution in [-0.2, 0) is 11.2 Å². The van der Waals surface area contributed by atoms with Crippen LogP contribution in [-0.4, -0.2) is 45.7 Å². The van der Waals surface area contributed by atoms with E-state index in [-0.39, 0.29) is 46.7 Å². The molecule has 1 aromatic heterocycles. The van der Waals surface area contributed by atoms with Crippen molar-refractivity contribution >= 4 is 40.4 Å². The average Bonchev–Trinajstić information content (AvgIpc) is 3.57. The van der Waals surface area contributed by atoms with E-state index in [2.05, 4.69) is 23.6 Å². The van der Waals surface area contributed by atoms with Gasteiger partial charge in [-0.25, -0.2) is 0 Å². The van der Waals surface area contributed by atoms with Crippen molar-refractivity contribution in [3.63, 3.8) is 0 Å². The van der Waals surface area contributed by atoms with Crippen molar-refractivity contribution in [2.75, 3.05) is 13.1 Å². The molecule has 3 aromatic rings. The van der Waals surface area contributed by atoms with Gasteiger partial charge in [-0.2, -0.15) is 0 Å². The number of hydrogen-bond acceptors (Lipinski definition) is 5. The number of carbonyl (C=O) groups is 2. The van der Waals surface area contributed by atoms with E-state index >= 15 is 0 Å². The van der Waals surface area contributed by atoms with Gasteiger partial charge in [0.15, 0.2) is 0 Å². The van der Waals surface area contributed by atoms with Crippen molar-refractivity contribution in [3.05, 3.63) is 96.2 Å². The summed E-state index contributed by atoms with van der Waals surface area (Å²) >= 11 is 7.63. The summed E-state index contributed by atoms with van der Waals surface area (Å²) in [6.45, 7) is 2.54. The summed E-state index contributed by atoms with van der Waals surface area (Å²) < 4.78 is 0. The highest BCUT2D eigenvalue weighted by atomic mass is 35.5. The molecule has 1 atom stereocenters. The number of halogens is 1. The van der Waals surface area contributed by atoms with Gasteiger partial charge in [-0.3, -0.25) is 19.7 Å². The number of nitrogens with zero attached hydrogens (tertiary/aromatic N) is 3. The minimum Gasteiger partial charge on any atom is -0.330 e. The number of fused-ring (bicyclic) bond motifs is 1. The van der Waals surface area contributed by atoms with Gasteiger partial charge < -0.3 is 9.80 Å². The molecule has 2 heterocycles. The van der Waals surface area contributed by atoms with Crippen LogP contribution in [0.5, 0.6) is 0 Å². The lowest BCUT2D eigenvalue weighted by Gasteiger charge is -2.37. The topological polar surface area (TPSA) is 83.8 Å².